The van der Waals surface area contributed by atoms with E-state index < -0.39 is 15.8 Å². The molecule has 19 heavy (non-hydrogen) atoms. The summed E-state index contributed by atoms with van der Waals surface area (Å²) < 4.78 is 39.7. The van der Waals surface area contributed by atoms with E-state index in [0.29, 0.717) is 31.5 Å². The molecule has 1 aliphatic heterocycles. The molecule has 1 saturated heterocycles. The lowest BCUT2D eigenvalue weighted by atomic mass is 10.2. The summed E-state index contributed by atoms with van der Waals surface area (Å²) in [5.41, 5.74) is 0.643. The van der Waals surface area contributed by atoms with Gasteiger partial charge in [0, 0.05) is 6.54 Å². The minimum atomic E-state index is -3.33. The molecule has 1 aliphatic rings. The molecule has 1 aromatic rings. The van der Waals surface area contributed by atoms with Gasteiger partial charge in [-0.2, -0.15) is 0 Å². The summed E-state index contributed by atoms with van der Waals surface area (Å²) >= 11 is 5.65. The van der Waals surface area contributed by atoms with Gasteiger partial charge in [0.15, 0.2) is 0 Å². The predicted octanol–water partition coefficient (Wildman–Crippen LogP) is 1.65. The topological polar surface area (TPSA) is 58.2 Å². The maximum Gasteiger partial charge on any atom is 0.214 e. The summed E-state index contributed by atoms with van der Waals surface area (Å²) in [5, 5.41) is 2.76. The molecule has 1 aromatic carbocycles. The molecule has 0 unspecified atom stereocenters. The maximum absolute atomic E-state index is 13.0. The summed E-state index contributed by atoms with van der Waals surface area (Å²) in [6, 6.07) is 4.19. The second-order valence-electron chi connectivity index (χ2n) is 4.56. The summed E-state index contributed by atoms with van der Waals surface area (Å²) in [7, 11) is -3.33. The summed E-state index contributed by atoms with van der Waals surface area (Å²) in [6.07, 6.45) is 1.22. The fourth-order valence-electron chi connectivity index (χ4n) is 2.06. The molecule has 0 amide bonds. The van der Waals surface area contributed by atoms with Gasteiger partial charge >= 0.3 is 0 Å². The van der Waals surface area contributed by atoms with Gasteiger partial charge in [-0.3, -0.25) is 0 Å². The molecule has 0 spiro atoms. The summed E-state index contributed by atoms with van der Waals surface area (Å²) in [4.78, 5) is 0. The largest absolute Gasteiger partial charge is 0.317 e. The highest BCUT2D eigenvalue weighted by Crippen LogP contribution is 2.17. The monoisotopic (exact) mass is 306 g/mol. The number of nitrogens with one attached hydrogen (secondary N) is 2. The highest BCUT2D eigenvalue weighted by Gasteiger charge is 2.26. The van der Waals surface area contributed by atoms with E-state index in [1.165, 1.54) is 18.2 Å². The Balaban J connectivity index is 1.98. The molecule has 0 saturated carbocycles. The van der Waals surface area contributed by atoms with Crippen molar-refractivity contribution in [2.45, 2.75) is 24.6 Å². The minimum Gasteiger partial charge on any atom is -0.317 e. The van der Waals surface area contributed by atoms with E-state index in [4.69, 9.17) is 11.6 Å². The Bertz CT molecular complexity index is 545. The van der Waals surface area contributed by atoms with Crippen LogP contribution in [0.2, 0.25) is 5.02 Å². The smallest absolute Gasteiger partial charge is 0.214 e. The zero-order valence-electron chi connectivity index (χ0n) is 10.3. The zero-order chi connectivity index (χ0) is 13.9. The van der Waals surface area contributed by atoms with Crippen molar-refractivity contribution in [2.75, 3.05) is 13.1 Å². The van der Waals surface area contributed by atoms with E-state index in [9.17, 15) is 12.8 Å². The van der Waals surface area contributed by atoms with Gasteiger partial charge in [-0.25, -0.2) is 17.5 Å². The van der Waals surface area contributed by atoms with Gasteiger partial charge in [0.2, 0.25) is 10.0 Å². The average molecular weight is 307 g/mol. The van der Waals surface area contributed by atoms with E-state index >= 15 is 0 Å². The van der Waals surface area contributed by atoms with Crippen molar-refractivity contribution in [1.29, 1.82) is 0 Å². The van der Waals surface area contributed by atoms with Gasteiger partial charge < -0.3 is 5.32 Å². The molecule has 2 N–H and O–H groups in total. The first-order valence-electron chi connectivity index (χ1n) is 6.12. The number of rotatable bonds is 4. The molecular weight excluding hydrogens is 291 g/mol. The van der Waals surface area contributed by atoms with Crippen LogP contribution in [-0.2, 0) is 16.6 Å². The number of sulfonamides is 1. The second-order valence-corrected chi connectivity index (χ2v) is 7.02. The SMILES string of the molecule is O=S(=O)(NCc1ccc(F)c(Cl)c1)C1CCNCC1. The third kappa shape index (κ3) is 3.89. The van der Waals surface area contributed by atoms with E-state index in [1.807, 2.05) is 0 Å². The van der Waals surface area contributed by atoms with Crippen molar-refractivity contribution in [3.05, 3.63) is 34.6 Å². The predicted molar refractivity (Wildman–Crippen MR) is 73.1 cm³/mol. The van der Waals surface area contributed by atoms with Crippen molar-refractivity contribution < 1.29 is 12.8 Å². The first-order valence-corrected chi connectivity index (χ1v) is 8.04. The molecule has 0 radical (unpaired) electrons. The van der Waals surface area contributed by atoms with Crippen molar-refractivity contribution >= 4 is 21.6 Å². The van der Waals surface area contributed by atoms with Crippen LogP contribution in [0.3, 0.4) is 0 Å². The molecule has 0 bridgehead atoms. The standard InChI is InChI=1S/C12H16ClFN2O2S/c13-11-7-9(1-2-12(11)14)8-16-19(17,18)10-3-5-15-6-4-10/h1-2,7,10,15-16H,3-6,8H2. The van der Waals surface area contributed by atoms with Gasteiger partial charge in [-0.15, -0.1) is 0 Å². The van der Waals surface area contributed by atoms with Crippen LogP contribution in [0.15, 0.2) is 18.2 Å². The quantitative estimate of drug-likeness (QED) is 0.889. The molecule has 4 nitrogen and oxygen atoms in total. The molecule has 106 valence electrons. The van der Waals surface area contributed by atoms with Crippen molar-refractivity contribution in [1.82, 2.24) is 10.0 Å². The Hall–Kier alpha value is -0.690. The van der Waals surface area contributed by atoms with Gasteiger partial charge in [0.25, 0.3) is 0 Å². The van der Waals surface area contributed by atoms with Crippen molar-refractivity contribution in [2.24, 2.45) is 0 Å². The molecular formula is C12H16ClFN2O2S. The van der Waals surface area contributed by atoms with E-state index in [-0.39, 0.29) is 16.8 Å². The van der Waals surface area contributed by atoms with Gasteiger partial charge in [-0.05, 0) is 43.6 Å². The first kappa shape index (κ1) is 14.7. The van der Waals surface area contributed by atoms with Gasteiger partial charge in [0.1, 0.15) is 5.82 Å². The number of benzene rings is 1. The fraction of sp³-hybridized carbons (Fsp3) is 0.500. The second kappa shape index (κ2) is 6.17. The number of hydrogen-bond donors (Lipinski definition) is 2. The minimum absolute atomic E-state index is 0.00133. The van der Waals surface area contributed by atoms with Crippen molar-refractivity contribution in [3.8, 4) is 0 Å². The Labute approximate surface area is 117 Å². The Kier molecular flexibility index (Phi) is 4.78. The number of piperidine rings is 1. The van der Waals surface area contributed by atoms with Crippen LogP contribution in [0.1, 0.15) is 18.4 Å². The van der Waals surface area contributed by atoms with Gasteiger partial charge in [-0.1, -0.05) is 17.7 Å². The number of halogens is 2. The van der Waals surface area contributed by atoms with Gasteiger partial charge in [0.05, 0.1) is 10.3 Å². The third-order valence-corrected chi connectivity index (χ3v) is 5.37. The van der Waals surface area contributed by atoms with Crippen LogP contribution in [-0.4, -0.2) is 26.8 Å². The van der Waals surface area contributed by atoms with E-state index in [2.05, 4.69) is 10.0 Å². The van der Waals surface area contributed by atoms with E-state index in [1.54, 1.807) is 0 Å². The number of hydrogen-bond acceptors (Lipinski definition) is 3. The van der Waals surface area contributed by atoms with E-state index in [0.717, 1.165) is 0 Å². The van der Waals surface area contributed by atoms with Crippen LogP contribution >= 0.6 is 11.6 Å². The van der Waals surface area contributed by atoms with Crippen LogP contribution in [0.4, 0.5) is 4.39 Å². The highest BCUT2D eigenvalue weighted by atomic mass is 35.5. The molecule has 1 heterocycles. The molecule has 0 atom stereocenters. The maximum atomic E-state index is 13.0. The van der Waals surface area contributed by atoms with Crippen LogP contribution in [0.25, 0.3) is 0 Å². The van der Waals surface area contributed by atoms with Crippen LogP contribution in [0, 0.1) is 5.82 Å². The first-order chi connectivity index (χ1) is 8.99. The lowest BCUT2D eigenvalue weighted by Crippen LogP contribution is -2.41. The lowest BCUT2D eigenvalue weighted by molar-refractivity contribution is 0.489. The van der Waals surface area contributed by atoms with Crippen LogP contribution < -0.4 is 10.0 Å². The third-order valence-electron chi connectivity index (χ3n) is 3.19. The summed E-state index contributed by atoms with van der Waals surface area (Å²) in [6.45, 7) is 1.56. The molecule has 7 heteroatoms. The zero-order valence-corrected chi connectivity index (χ0v) is 11.9. The average Bonchev–Trinajstić information content (AvgIpc) is 2.41. The molecule has 1 fully saturated rings. The highest BCUT2D eigenvalue weighted by molar-refractivity contribution is 7.90. The molecule has 0 aliphatic carbocycles. The lowest BCUT2D eigenvalue weighted by Gasteiger charge is -2.22. The normalized spacial score (nSPS) is 17.6. The molecule has 0 aromatic heterocycles. The summed E-state index contributed by atoms with van der Waals surface area (Å²) in [5.74, 6) is -0.508. The Morgan fingerprint density at radius 2 is 2.05 bits per heavy atom. The fourth-order valence-corrected chi connectivity index (χ4v) is 3.72. The Morgan fingerprint density at radius 3 is 2.68 bits per heavy atom. The van der Waals surface area contributed by atoms with Crippen molar-refractivity contribution in [3.63, 3.8) is 0 Å². The Morgan fingerprint density at radius 1 is 1.37 bits per heavy atom. The molecule has 2 rings (SSSR count). The van der Waals surface area contributed by atoms with Crippen LogP contribution in [0.5, 0.6) is 0 Å².